The first-order valence-corrected chi connectivity index (χ1v) is 20.1. The zero-order valence-corrected chi connectivity index (χ0v) is 32.8. The summed E-state index contributed by atoms with van der Waals surface area (Å²) in [6.07, 6.45) is 0.393. The van der Waals surface area contributed by atoms with Gasteiger partial charge in [-0.15, -0.1) is 21.5 Å². The van der Waals surface area contributed by atoms with Gasteiger partial charge in [-0.25, -0.2) is 0 Å². The van der Waals surface area contributed by atoms with E-state index in [-0.39, 0.29) is 36.3 Å². The fourth-order valence-electron chi connectivity index (χ4n) is 8.53. The van der Waals surface area contributed by atoms with Crippen molar-refractivity contribution in [3.63, 3.8) is 0 Å². The normalized spacial score (nSPS) is 21.4. The van der Waals surface area contributed by atoms with E-state index in [1.807, 2.05) is 42.2 Å². The molecule has 2 aromatic heterocycles. The highest BCUT2D eigenvalue weighted by atomic mass is 35.5. The molecule has 1 unspecified atom stereocenters. The molecule has 7 heterocycles. The summed E-state index contributed by atoms with van der Waals surface area (Å²) < 4.78 is 2.07. The lowest BCUT2D eigenvalue weighted by molar-refractivity contribution is -0.138. The Labute approximate surface area is 332 Å². The Morgan fingerprint density at radius 1 is 0.929 bits per heavy atom. The maximum absolute atomic E-state index is 13.8. The number of benzene rings is 2. The molecular formula is C40H40ClN9O5S. The van der Waals surface area contributed by atoms with Crippen LogP contribution in [0.3, 0.4) is 0 Å². The summed E-state index contributed by atoms with van der Waals surface area (Å²) in [5.41, 5.74) is 5.36. The predicted octanol–water partition coefficient (Wildman–Crippen LogP) is 3.87. The third-order valence-corrected chi connectivity index (χ3v) is 13.2. The molecule has 5 aliphatic heterocycles. The number of nitrogens with one attached hydrogen (secondary N) is 1. The number of hydrogen-bond acceptors (Lipinski definition) is 11. The van der Waals surface area contributed by atoms with Crippen LogP contribution in [0.15, 0.2) is 47.5 Å². The quantitative estimate of drug-likeness (QED) is 0.275. The van der Waals surface area contributed by atoms with E-state index in [0.717, 1.165) is 76.5 Å². The van der Waals surface area contributed by atoms with Crippen LogP contribution in [0.25, 0.3) is 5.00 Å². The number of halogens is 1. The van der Waals surface area contributed by atoms with Crippen molar-refractivity contribution in [2.24, 2.45) is 10.9 Å². The molecule has 0 aliphatic carbocycles. The minimum atomic E-state index is -0.988. The van der Waals surface area contributed by atoms with Crippen LogP contribution in [-0.4, -0.2) is 117 Å². The van der Waals surface area contributed by atoms with Crippen molar-refractivity contribution >= 4 is 63.9 Å². The molecule has 14 nitrogen and oxygen atoms in total. The van der Waals surface area contributed by atoms with Crippen LogP contribution < -0.4 is 10.2 Å². The maximum Gasteiger partial charge on any atom is 0.262 e. The number of aryl methyl sites for hydroxylation is 2. The van der Waals surface area contributed by atoms with Crippen molar-refractivity contribution < 1.29 is 24.0 Å². The molecule has 4 aromatic rings. The van der Waals surface area contributed by atoms with Crippen LogP contribution in [0.5, 0.6) is 0 Å². The van der Waals surface area contributed by atoms with Crippen LogP contribution in [0.4, 0.5) is 5.69 Å². The standard InChI is InChI=1S/C40H40ClN9O5S/c1-21-22(2)56-40-34(21)35(25-4-6-26(41)7-5-25)42-30(36-45-44-23(3)49(36)40)17-33(52)48-19-24(20-48)18-46-12-14-47(15-13-46)27-8-9-28-29(16-27)39(55)50(38(28)54)31-10-11-32(51)43-37(31)53/h4-9,16,24,30-31H,10-15,17-20H2,1-3H3,(H,43,51,53)/t30-,31?/m0/s1. The molecule has 56 heavy (non-hydrogen) atoms. The van der Waals surface area contributed by atoms with Gasteiger partial charge >= 0.3 is 0 Å². The molecular weight excluding hydrogens is 754 g/mol. The summed E-state index contributed by atoms with van der Waals surface area (Å²) >= 11 is 7.94. The minimum absolute atomic E-state index is 0.0430. The van der Waals surface area contributed by atoms with Gasteiger partial charge in [0.1, 0.15) is 22.9 Å². The van der Waals surface area contributed by atoms with Crippen LogP contribution in [0.2, 0.25) is 5.02 Å². The molecule has 3 saturated heterocycles. The molecule has 0 bridgehead atoms. The number of fused-ring (bicyclic) bond motifs is 4. The van der Waals surface area contributed by atoms with E-state index in [0.29, 0.717) is 29.9 Å². The second-order valence-electron chi connectivity index (χ2n) is 15.2. The van der Waals surface area contributed by atoms with Gasteiger partial charge in [0.15, 0.2) is 5.82 Å². The summed E-state index contributed by atoms with van der Waals surface area (Å²) in [5.74, 6) is -0.200. The highest BCUT2D eigenvalue weighted by Crippen LogP contribution is 2.40. The Balaban J connectivity index is 0.822. The van der Waals surface area contributed by atoms with Crippen molar-refractivity contribution in [2.75, 3.05) is 50.7 Å². The summed E-state index contributed by atoms with van der Waals surface area (Å²) in [6.45, 7) is 11.5. The summed E-state index contributed by atoms with van der Waals surface area (Å²) in [6, 6.07) is 11.4. The van der Waals surface area contributed by atoms with Crippen molar-refractivity contribution in [3.8, 4) is 5.00 Å². The van der Waals surface area contributed by atoms with Gasteiger partial charge in [-0.1, -0.05) is 23.7 Å². The molecule has 0 radical (unpaired) electrons. The van der Waals surface area contributed by atoms with Crippen LogP contribution in [0.1, 0.15) is 79.2 Å². The SMILES string of the molecule is Cc1sc2c(c1C)C(c1ccc(Cl)cc1)=N[C@@H](CC(=O)N1CC(CN3CCN(c4ccc5c(c4)C(=O)N(C4CCC(=O)NC4=O)C5=O)CC3)C1)c1nnc(C)n1-2. The fourth-order valence-corrected chi connectivity index (χ4v) is 9.87. The second-order valence-corrected chi connectivity index (χ2v) is 16.9. The van der Waals surface area contributed by atoms with Gasteiger partial charge in [0.05, 0.1) is 23.3 Å². The number of piperazine rings is 1. The molecule has 2 atom stereocenters. The third kappa shape index (κ3) is 6.21. The fraction of sp³-hybridized carbons (Fsp3) is 0.400. The molecule has 0 spiro atoms. The third-order valence-electron chi connectivity index (χ3n) is 11.7. The number of thiophene rings is 1. The first-order valence-electron chi connectivity index (χ1n) is 18.9. The Kier molecular flexibility index (Phi) is 9.13. The first-order chi connectivity index (χ1) is 26.9. The van der Waals surface area contributed by atoms with E-state index < -0.39 is 35.7 Å². The molecule has 2 aromatic carbocycles. The topological polar surface area (TPSA) is 153 Å². The number of piperidine rings is 1. The summed E-state index contributed by atoms with van der Waals surface area (Å²) in [4.78, 5) is 78.4. The molecule has 3 fully saturated rings. The number of amides is 5. The number of carbonyl (C=O) groups excluding carboxylic acids is 5. The Morgan fingerprint density at radius 3 is 2.39 bits per heavy atom. The van der Waals surface area contributed by atoms with Gasteiger partial charge in [0.25, 0.3) is 11.8 Å². The number of carbonyl (C=O) groups is 5. The van der Waals surface area contributed by atoms with Gasteiger partial charge in [-0.2, -0.15) is 0 Å². The lowest BCUT2D eigenvalue weighted by Crippen LogP contribution is -2.56. The van der Waals surface area contributed by atoms with Crippen molar-refractivity contribution in [2.45, 2.75) is 52.1 Å². The van der Waals surface area contributed by atoms with E-state index in [9.17, 15) is 24.0 Å². The van der Waals surface area contributed by atoms with E-state index in [2.05, 4.69) is 43.7 Å². The number of nitrogens with zero attached hydrogens (tertiary/aromatic N) is 8. The summed E-state index contributed by atoms with van der Waals surface area (Å²) in [5, 5.41) is 12.9. The number of rotatable bonds is 7. The van der Waals surface area contributed by atoms with Crippen LogP contribution in [-0.2, 0) is 14.4 Å². The van der Waals surface area contributed by atoms with Crippen molar-refractivity contribution in [1.29, 1.82) is 0 Å². The zero-order valence-electron chi connectivity index (χ0n) is 31.2. The van der Waals surface area contributed by atoms with Gasteiger partial charge in [-0.05, 0) is 63.1 Å². The number of aromatic nitrogens is 3. The van der Waals surface area contributed by atoms with Crippen molar-refractivity contribution in [1.82, 2.24) is 34.8 Å². The molecule has 5 amide bonds. The van der Waals surface area contributed by atoms with E-state index in [4.69, 9.17) is 16.6 Å². The van der Waals surface area contributed by atoms with Gasteiger partial charge in [0, 0.05) is 84.9 Å². The monoisotopic (exact) mass is 793 g/mol. The highest BCUT2D eigenvalue weighted by Gasteiger charge is 2.45. The molecule has 288 valence electrons. The highest BCUT2D eigenvalue weighted by molar-refractivity contribution is 7.15. The lowest BCUT2D eigenvalue weighted by Gasteiger charge is -2.44. The zero-order chi connectivity index (χ0) is 39.0. The predicted molar refractivity (Wildman–Crippen MR) is 210 cm³/mol. The second kappa shape index (κ2) is 14.0. The number of imide groups is 2. The van der Waals surface area contributed by atoms with E-state index in [1.165, 1.54) is 4.88 Å². The molecule has 1 N–H and O–H groups in total. The maximum atomic E-state index is 13.8. The number of hydrogen-bond donors (Lipinski definition) is 1. The Morgan fingerprint density at radius 2 is 1.66 bits per heavy atom. The molecule has 9 rings (SSSR count). The van der Waals surface area contributed by atoms with Gasteiger partial charge in [-0.3, -0.25) is 48.6 Å². The number of likely N-dealkylation sites (tertiary alicyclic amines) is 1. The smallest absolute Gasteiger partial charge is 0.262 e. The largest absolute Gasteiger partial charge is 0.369 e. The molecule has 5 aliphatic rings. The van der Waals surface area contributed by atoms with Gasteiger partial charge < -0.3 is 9.80 Å². The van der Waals surface area contributed by atoms with Gasteiger partial charge in [0.2, 0.25) is 17.7 Å². The Hall–Kier alpha value is -5.25. The van der Waals surface area contributed by atoms with E-state index >= 15 is 0 Å². The minimum Gasteiger partial charge on any atom is -0.369 e. The average molecular weight is 794 g/mol. The first kappa shape index (κ1) is 36.4. The average Bonchev–Trinajstić information content (AvgIpc) is 3.74. The van der Waals surface area contributed by atoms with Crippen LogP contribution >= 0.6 is 22.9 Å². The lowest BCUT2D eigenvalue weighted by atomic mass is 9.97. The Bertz CT molecular complexity index is 2360. The molecule has 0 saturated carbocycles. The number of aliphatic imine (C=N–C) groups is 1. The van der Waals surface area contributed by atoms with Crippen molar-refractivity contribution in [3.05, 3.63) is 91.8 Å². The van der Waals surface area contributed by atoms with E-state index in [1.54, 1.807) is 23.5 Å². The number of anilines is 1. The summed E-state index contributed by atoms with van der Waals surface area (Å²) in [7, 11) is 0. The molecule has 16 heteroatoms. The van der Waals surface area contributed by atoms with Crippen LogP contribution in [0, 0.1) is 26.7 Å².